The Labute approximate surface area is 297 Å². The summed E-state index contributed by atoms with van der Waals surface area (Å²) in [7, 11) is 1.45. The van der Waals surface area contributed by atoms with E-state index in [1.807, 2.05) is 6.07 Å². The molecule has 15 heteroatoms. The number of aliphatic hydroxyl groups is 1. The second kappa shape index (κ2) is 14.0. The van der Waals surface area contributed by atoms with Crippen LogP contribution in [-0.4, -0.2) is 101 Å². The zero-order valence-corrected chi connectivity index (χ0v) is 29.3. The maximum atomic E-state index is 16.9. The number of pyridine rings is 1. The molecule has 3 aromatic heterocycles. The van der Waals surface area contributed by atoms with Crippen LogP contribution in [0.5, 0.6) is 6.01 Å². The molecule has 4 atom stereocenters. The summed E-state index contributed by atoms with van der Waals surface area (Å²) in [6, 6.07) is 3.07. The Morgan fingerprint density at radius 3 is 2.59 bits per heavy atom. The molecule has 9 rings (SSSR count). The molecule has 4 saturated heterocycles. The van der Waals surface area contributed by atoms with E-state index in [-0.39, 0.29) is 75.3 Å². The number of nitrogens with two attached hydrogens (primary N) is 1. The molecule has 4 aromatic rings. The number of rotatable bonds is 7. The van der Waals surface area contributed by atoms with Gasteiger partial charge in [-0.1, -0.05) is 0 Å². The average Bonchev–Trinajstić information content (AvgIpc) is 3.95. The van der Waals surface area contributed by atoms with Crippen LogP contribution in [0.15, 0.2) is 6.20 Å². The van der Waals surface area contributed by atoms with Crippen molar-refractivity contribution in [3.63, 3.8) is 0 Å². The van der Waals surface area contributed by atoms with Crippen molar-refractivity contribution >= 4 is 43.1 Å². The number of halogens is 3. The van der Waals surface area contributed by atoms with Crippen LogP contribution < -0.4 is 15.4 Å². The highest BCUT2D eigenvalue weighted by Crippen LogP contribution is 2.48. The second-order valence-electron chi connectivity index (χ2n) is 14.1. The van der Waals surface area contributed by atoms with E-state index in [1.165, 1.54) is 20.0 Å². The molecular formula is C36H41F3N8O3S. The number of benzene rings is 1. The van der Waals surface area contributed by atoms with Gasteiger partial charge >= 0.3 is 6.01 Å². The highest BCUT2D eigenvalue weighted by Gasteiger charge is 2.43. The molecule has 51 heavy (non-hydrogen) atoms. The summed E-state index contributed by atoms with van der Waals surface area (Å²) in [4.78, 5) is 20.6. The summed E-state index contributed by atoms with van der Waals surface area (Å²) in [6.07, 6.45) is 7.54. The fourth-order valence-electron chi connectivity index (χ4n) is 8.90. The maximum absolute atomic E-state index is 16.9. The highest BCUT2D eigenvalue weighted by molar-refractivity contribution is 7.23. The number of ether oxygens (including phenoxy) is 2. The van der Waals surface area contributed by atoms with Crippen LogP contribution in [0.3, 0.4) is 0 Å². The minimum Gasteiger partial charge on any atom is -0.467 e. The Balaban J connectivity index is 0.000000359. The van der Waals surface area contributed by atoms with Crippen molar-refractivity contribution in [2.45, 2.75) is 82.5 Å². The zero-order valence-electron chi connectivity index (χ0n) is 28.5. The number of aromatic nitrogens is 3. The van der Waals surface area contributed by atoms with E-state index in [4.69, 9.17) is 20.2 Å². The van der Waals surface area contributed by atoms with Gasteiger partial charge in [0.2, 0.25) is 0 Å². The topological polar surface area (TPSA) is 137 Å². The number of nitrogens with zero attached hydrogens (tertiary/aromatic N) is 7. The van der Waals surface area contributed by atoms with Gasteiger partial charge in [-0.25, -0.2) is 13.2 Å². The van der Waals surface area contributed by atoms with Gasteiger partial charge in [-0.2, -0.15) is 15.2 Å². The number of methoxy groups -OCH3 is 1. The van der Waals surface area contributed by atoms with Gasteiger partial charge in [0.15, 0.2) is 11.6 Å². The number of fused-ring (bicyclic) bond motifs is 7. The van der Waals surface area contributed by atoms with Gasteiger partial charge in [-0.15, -0.1) is 11.3 Å². The predicted molar refractivity (Wildman–Crippen MR) is 188 cm³/mol. The van der Waals surface area contributed by atoms with Crippen LogP contribution in [0.1, 0.15) is 61.6 Å². The van der Waals surface area contributed by atoms with Crippen LogP contribution in [0.4, 0.5) is 24.0 Å². The lowest BCUT2D eigenvalue weighted by molar-refractivity contribution is 0.135. The number of alkyl halides is 1. The zero-order chi connectivity index (χ0) is 35.4. The van der Waals surface area contributed by atoms with Gasteiger partial charge in [0, 0.05) is 55.3 Å². The van der Waals surface area contributed by atoms with Crippen molar-refractivity contribution in [2.24, 2.45) is 0 Å². The average molecular weight is 723 g/mol. The smallest absolute Gasteiger partial charge is 0.318 e. The minimum absolute atomic E-state index is 0.0423. The van der Waals surface area contributed by atoms with Crippen molar-refractivity contribution < 1.29 is 27.8 Å². The largest absolute Gasteiger partial charge is 0.467 e. The molecule has 0 aliphatic carbocycles. The summed E-state index contributed by atoms with van der Waals surface area (Å²) >= 11 is 0.940. The summed E-state index contributed by atoms with van der Waals surface area (Å²) in [5.74, 6) is -0.653. The first-order valence-electron chi connectivity index (χ1n) is 17.7. The monoisotopic (exact) mass is 722 g/mol. The Bertz CT molecular complexity index is 2000. The van der Waals surface area contributed by atoms with Gasteiger partial charge < -0.3 is 25.2 Å². The quantitative estimate of drug-likeness (QED) is 0.241. The number of anilines is 2. The Kier molecular flexibility index (Phi) is 9.39. The van der Waals surface area contributed by atoms with Crippen LogP contribution >= 0.6 is 11.3 Å². The van der Waals surface area contributed by atoms with E-state index in [1.54, 1.807) is 0 Å². The predicted octanol–water partition coefficient (Wildman–Crippen LogP) is 5.30. The fourth-order valence-corrected chi connectivity index (χ4v) is 9.82. The molecule has 0 spiro atoms. The van der Waals surface area contributed by atoms with Crippen molar-refractivity contribution in [1.29, 1.82) is 5.26 Å². The van der Waals surface area contributed by atoms with Crippen LogP contribution in [0, 0.1) is 23.0 Å². The van der Waals surface area contributed by atoms with Crippen LogP contribution in [0.25, 0.3) is 32.2 Å². The molecule has 4 unspecified atom stereocenters. The van der Waals surface area contributed by atoms with Crippen LogP contribution in [0.2, 0.25) is 0 Å². The maximum Gasteiger partial charge on any atom is 0.318 e. The van der Waals surface area contributed by atoms with Gasteiger partial charge in [0.05, 0.1) is 47.9 Å². The van der Waals surface area contributed by atoms with Gasteiger partial charge in [-0.3, -0.25) is 14.8 Å². The third-order valence-electron chi connectivity index (χ3n) is 11.1. The minimum atomic E-state index is -0.653. The summed E-state index contributed by atoms with van der Waals surface area (Å²) in [6.45, 7) is 5.02. The number of thiophene rings is 1. The first kappa shape index (κ1) is 34.3. The molecule has 5 aliphatic rings. The molecule has 3 N–H and O–H groups in total. The summed E-state index contributed by atoms with van der Waals surface area (Å²) in [5, 5.41) is 20.0. The third kappa shape index (κ3) is 5.94. The van der Waals surface area contributed by atoms with Crippen LogP contribution in [-0.2, 0) is 18.0 Å². The van der Waals surface area contributed by atoms with Crippen molar-refractivity contribution in [3.8, 4) is 23.3 Å². The van der Waals surface area contributed by atoms with Crippen molar-refractivity contribution in [2.75, 3.05) is 57.1 Å². The lowest BCUT2D eigenvalue weighted by Gasteiger charge is -2.42. The standard InChI is InChI=1S/C29H29F2N7O3S.C7H12FN/c1-40-29-35-25-22(28(36-29)38-14-4-5-15(38)11-37(10-14)6-2-3-7-39)18-13-41-12-17(18)20(23(25)31)24-21-16(8-32)27(33)42-26(21)19(30)9-34-24;8-6-4-7-2-1-3-9(7)5-6/h9,14-15,39H,2-7,10-13,33H2,1H3;6-7H,1-5H2. The van der Waals surface area contributed by atoms with Crippen molar-refractivity contribution in [1.82, 2.24) is 24.8 Å². The normalized spacial score (nSPS) is 24.2. The third-order valence-corrected chi connectivity index (χ3v) is 12.2. The number of piperazine rings is 1. The number of hydrogen-bond donors (Lipinski definition) is 2. The van der Waals surface area contributed by atoms with E-state index >= 15 is 4.39 Å². The number of aliphatic hydroxyl groups excluding tert-OH is 1. The molecular weight excluding hydrogens is 682 g/mol. The van der Waals surface area contributed by atoms with E-state index in [2.05, 4.69) is 24.7 Å². The van der Waals surface area contributed by atoms with E-state index in [9.17, 15) is 19.1 Å². The van der Waals surface area contributed by atoms with Crippen molar-refractivity contribution in [3.05, 3.63) is 34.5 Å². The number of nitriles is 1. The van der Waals surface area contributed by atoms with Gasteiger partial charge in [0.1, 0.15) is 28.6 Å². The van der Waals surface area contributed by atoms with E-state index < -0.39 is 17.8 Å². The lowest BCUT2D eigenvalue weighted by atomic mass is 9.93. The molecule has 1 aromatic carbocycles. The molecule has 0 amide bonds. The number of nitrogen functional groups attached to an aromatic ring is 1. The van der Waals surface area contributed by atoms with Gasteiger partial charge in [0.25, 0.3) is 0 Å². The first-order valence-corrected chi connectivity index (χ1v) is 18.6. The molecule has 0 saturated carbocycles. The second-order valence-corrected chi connectivity index (χ2v) is 15.2. The molecule has 270 valence electrons. The Hall–Kier alpha value is -3.81. The summed E-state index contributed by atoms with van der Waals surface area (Å²) < 4.78 is 55.8. The molecule has 4 fully saturated rings. The molecule has 11 nitrogen and oxygen atoms in total. The SMILES string of the molecule is COc1nc(N2C3CCC2CN(CCCCO)C3)c2c3c(c(-c4ncc(F)c5sc(N)c(C#N)c45)c(F)c2n1)COC3.FC1CC2CCCN2C1. The summed E-state index contributed by atoms with van der Waals surface area (Å²) in [5.41, 5.74) is 7.79. The Morgan fingerprint density at radius 1 is 1.08 bits per heavy atom. The molecule has 8 heterocycles. The molecule has 0 radical (unpaired) electrons. The number of likely N-dealkylation sites (tertiary alicyclic amines) is 1. The lowest BCUT2D eigenvalue weighted by Crippen LogP contribution is -2.54. The van der Waals surface area contributed by atoms with Gasteiger partial charge in [-0.05, 0) is 69.2 Å². The number of unbranched alkanes of at least 4 members (excludes halogenated alkanes) is 1. The molecule has 2 bridgehead atoms. The fraction of sp³-hybridized carbons (Fsp3) is 0.556. The first-order chi connectivity index (χ1) is 24.8. The van der Waals surface area contributed by atoms with E-state index in [0.29, 0.717) is 29.4 Å². The highest BCUT2D eigenvalue weighted by atomic mass is 32.1. The Morgan fingerprint density at radius 2 is 1.86 bits per heavy atom. The number of hydrogen-bond acceptors (Lipinski definition) is 12. The van der Waals surface area contributed by atoms with E-state index in [0.717, 1.165) is 81.4 Å². The molecule has 5 aliphatic heterocycles.